The third kappa shape index (κ3) is 4.88. The van der Waals surface area contributed by atoms with E-state index in [0.717, 1.165) is 0 Å². The van der Waals surface area contributed by atoms with Gasteiger partial charge in [0.1, 0.15) is 5.60 Å². The lowest BCUT2D eigenvalue weighted by Crippen LogP contribution is -2.33. The summed E-state index contributed by atoms with van der Waals surface area (Å²) in [6.45, 7) is 6.97. The molecule has 0 unspecified atom stereocenters. The molecule has 0 saturated heterocycles. The minimum atomic E-state index is -1.28. The number of aromatic nitrogens is 2. The van der Waals surface area contributed by atoms with Gasteiger partial charge in [0.25, 0.3) is 0 Å². The summed E-state index contributed by atoms with van der Waals surface area (Å²) in [7, 11) is 0. The topological polar surface area (TPSA) is 78.4 Å². The zero-order valence-corrected chi connectivity index (χ0v) is 13.4. The average Bonchev–Trinajstić information content (AvgIpc) is 2.30. The standard InChI is InChI=1S/C13H17BrN2O4/c1-5-19-11(17)9(12(18)20-13(2,3)4)10-15-6-8(14)7-16-10/h6-7,9H,5H2,1-4H3/t9-/m0/s1. The van der Waals surface area contributed by atoms with Gasteiger partial charge in [-0.15, -0.1) is 0 Å². The van der Waals surface area contributed by atoms with Crippen molar-refractivity contribution >= 4 is 27.9 Å². The molecule has 1 aromatic heterocycles. The van der Waals surface area contributed by atoms with Gasteiger partial charge in [0.15, 0.2) is 5.82 Å². The van der Waals surface area contributed by atoms with Crippen molar-refractivity contribution in [3.63, 3.8) is 0 Å². The number of hydrogen-bond donors (Lipinski definition) is 0. The smallest absolute Gasteiger partial charge is 0.328 e. The molecule has 0 N–H and O–H groups in total. The van der Waals surface area contributed by atoms with E-state index in [4.69, 9.17) is 9.47 Å². The average molecular weight is 345 g/mol. The number of halogens is 1. The van der Waals surface area contributed by atoms with Gasteiger partial charge in [-0.1, -0.05) is 0 Å². The van der Waals surface area contributed by atoms with Crippen LogP contribution in [0.25, 0.3) is 0 Å². The van der Waals surface area contributed by atoms with Crippen molar-refractivity contribution < 1.29 is 19.1 Å². The molecule has 0 aliphatic heterocycles. The summed E-state index contributed by atoms with van der Waals surface area (Å²) in [6, 6.07) is 0. The van der Waals surface area contributed by atoms with Crippen molar-refractivity contribution in [2.75, 3.05) is 6.61 Å². The van der Waals surface area contributed by atoms with Gasteiger partial charge in [0.05, 0.1) is 11.1 Å². The van der Waals surface area contributed by atoms with Crippen LogP contribution in [0.3, 0.4) is 0 Å². The Morgan fingerprint density at radius 3 is 2.25 bits per heavy atom. The van der Waals surface area contributed by atoms with Gasteiger partial charge in [-0.2, -0.15) is 0 Å². The Kier molecular flexibility index (Phi) is 5.62. The number of rotatable bonds is 4. The van der Waals surface area contributed by atoms with Gasteiger partial charge in [-0.3, -0.25) is 9.59 Å². The van der Waals surface area contributed by atoms with E-state index in [1.54, 1.807) is 27.7 Å². The maximum Gasteiger partial charge on any atom is 0.328 e. The summed E-state index contributed by atoms with van der Waals surface area (Å²) in [5.74, 6) is -2.66. The molecule has 0 radical (unpaired) electrons. The summed E-state index contributed by atoms with van der Waals surface area (Å²) < 4.78 is 10.8. The molecule has 0 aliphatic carbocycles. The van der Waals surface area contributed by atoms with Crippen LogP contribution in [0.5, 0.6) is 0 Å². The molecule has 0 amide bonds. The second-order valence-electron chi connectivity index (χ2n) is 4.98. The first-order valence-electron chi connectivity index (χ1n) is 6.11. The summed E-state index contributed by atoms with van der Waals surface area (Å²) in [4.78, 5) is 32.0. The molecule has 0 aromatic carbocycles. The van der Waals surface area contributed by atoms with Gasteiger partial charge in [-0.25, -0.2) is 9.97 Å². The van der Waals surface area contributed by atoms with Crippen LogP contribution in [-0.4, -0.2) is 34.1 Å². The highest BCUT2D eigenvalue weighted by atomic mass is 79.9. The van der Waals surface area contributed by atoms with E-state index in [-0.39, 0.29) is 12.4 Å². The molecule has 1 atom stereocenters. The maximum atomic E-state index is 12.1. The Morgan fingerprint density at radius 1 is 1.25 bits per heavy atom. The lowest BCUT2D eigenvalue weighted by atomic mass is 10.1. The first-order chi connectivity index (χ1) is 9.24. The summed E-state index contributed by atoms with van der Waals surface area (Å²) >= 11 is 3.19. The molecular formula is C13H17BrN2O4. The van der Waals surface area contributed by atoms with Gasteiger partial charge < -0.3 is 9.47 Å². The number of carbonyl (C=O) groups excluding carboxylic acids is 2. The lowest BCUT2D eigenvalue weighted by Gasteiger charge is -2.22. The van der Waals surface area contributed by atoms with Crippen molar-refractivity contribution in [2.45, 2.75) is 39.2 Å². The Hall–Kier alpha value is -1.50. The van der Waals surface area contributed by atoms with Crippen LogP contribution in [-0.2, 0) is 19.1 Å². The van der Waals surface area contributed by atoms with E-state index in [0.29, 0.717) is 4.47 Å². The summed E-state index contributed by atoms with van der Waals surface area (Å²) in [5.41, 5.74) is -0.711. The van der Waals surface area contributed by atoms with Gasteiger partial charge in [0, 0.05) is 12.4 Å². The molecule has 1 aromatic rings. The SMILES string of the molecule is CCOC(=O)[C@@H](C(=O)OC(C)(C)C)c1ncc(Br)cn1. The number of carbonyl (C=O) groups is 2. The van der Waals surface area contributed by atoms with Crippen molar-refractivity contribution in [3.8, 4) is 0 Å². The first-order valence-corrected chi connectivity index (χ1v) is 6.91. The predicted octanol–water partition coefficient (Wildman–Crippen LogP) is 2.23. The van der Waals surface area contributed by atoms with Crippen LogP contribution >= 0.6 is 15.9 Å². The van der Waals surface area contributed by atoms with Crippen LogP contribution in [0, 0.1) is 0 Å². The first kappa shape index (κ1) is 16.6. The minimum Gasteiger partial charge on any atom is -0.465 e. The molecule has 0 aliphatic rings. The lowest BCUT2D eigenvalue weighted by molar-refractivity contribution is -0.164. The van der Waals surface area contributed by atoms with Crippen molar-refractivity contribution in [1.82, 2.24) is 9.97 Å². The minimum absolute atomic E-state index is 0.0564. The van der Waals surface area contributed by atoms with Gasteiger partial charge in [-0.05, 0) is 43.6 Å². The number of ether oxygens (including phenoxy) is 2. The van der Waals surface area contributed by atoms with E-state index < -0.39 is 23.5 Å². The van der Waals surface area contributed by atoms with Crippen molar-refractivity contribution in [3.05, 3.63) is 22.7 Å². The van der Waals surface area contributed by atoms with E-state index >= 15 is 0 Å². The normalized spacial score (nSPS) is 12.7. The third-order valence-corrected chi connectivity index (χ3v) is 2.47. The Morgan fingerprint density at radius 2 is 1.80 bits per heavy atom. The Balaban J connectivity index is 3.05. The van der Waals surface area contributed by atoms with Gasteiger partial charge >= 0.3 is 11.9 Å². The fourth-order valence-electron chi connectivity index (χ4n) is 1.36. The third-order valence-electron chi connectivity index (χ3n) is 2.06. The number of hydrogen-bond acceptors (Lipinski definition) is 6. The molecular weight excluding hydrogens is 328 g/mol. The number of esters is 2. The molecule has 0 fully saturated rings. The molecule has 6 nitrogen and oxygen atoms in total. The van der Waals surface area contributed by atoms with E-state index in [1.165, 1.54) is 12.4 Å². The molecule has 20 heavy (non-hydrogen) atoms. The molecule has 1 heterocycles. The molecule has 1 rings (SSSR count). The van der Waals surface area contributed by atoms with Crippen LogP contribution in [0.2, 0.25) is 0 Å². The van der Waals surface area contributed by atoms with Crippen LogP contribution in [0.1, 0.15) is 39.4 Å². The van der Waals surface area contributed by atoms with Crippen molar-refractivity contribution in [1.29, 1.82) is 0 Å². The monoisotopic (exact) mass is 344 g/mol. The molecule has 0 spiro atoms. The van der Waals surface area contributed by atoms with Crippen LogP contribution in [0.4, 0.5) is 0 Å². The van der Waals surface area contributed by atoms with E-state index in [9.17, 15) is 9.59 Å². The van der Waals surface area contributed by atoms with Crippen LogP contribution in [0.15, 0.2) is 16.9 Å². The second kappa shape index (κ2) is 6.78. The van der Waals surface area contributed by atoms with Crippen LogP contribution < -0.4 is 0 Å². The summed E-state index contributed by atoms with van der Waals surface area (Å²) in [6.07, 6.45) is 2.91. The molecule has 0 bridgehead atoms. The highest BCUT2D eigenvalue weighted by Crippen LogP contribution is 2.20. The maximum absolute atomic E-state index is 12.1. The van der Waals surface area contributed by atoms with Crippen molar-refractivity contribution in [2.24, 2.45) is 0 Å². The molecule has 0 saturated carbocycles. The zero-order valence-electron chi connectivity index (χ0n) is 11.8. The highest BCUT2D eigenvalue weighted by Gasteiger charge is 2.36. The summed E-state index contributed by atoms with van der Waals surface area (Å²) in [5, 5.41) is 0. The van der Waals surface area contributed by atoms with Gasteiger partial charge in [0.2, 0.25) is 5.92 Å². The highest BCUT2D eigenvalue weighted by molar-refractivity contribution is 9.10. The second-order valence-corrected chi connectivity index (χ2v) is 5.89. The zero-order chi connectivity index (χ0) is 15.3. The molecule has 110 valence electrons. The number of nitrogens with zero attached hydrogens (tertiary/aromatic N) is 2. The fraction of sp³-hybridized carbons (Fsp3) is 0.538. The van der Waals surface area contributed by atoms with E-state index in [1.807, 2.05) is 0 Å². The Labute approximate surface area is 126 Å². The predicted molar refractivity (Wildman–Crippen MR) is 75.0 cm³/mol. The van der Waals surface area contributed by atoms with E-state index in [2.05, 4.69) is 25.9 Å². The quantitative estimate of drug-likeness (QED) is 0.615. The largest absolute Gasteiger partial charge is 0.465 e. The molecule has 7 heteroatoms. The Bertz CT molecular complexity index is 482. The fourth-order valence-corrected chi connectivity index (χ4v) is 1.57.